The maximum Gasteiger partial charge on any atom is 0.224 e. The van der Waals surface area contributed by atoms with Crippen molar-refractivity contribution in [3.63, 3.8) is 0 Å². The third-order valence-electron chi connectivity index (χ3n) is 4.13. The van der Waals surface area contributed by atoms with E-state index < -0.39 is 0 Å². The number of hydrogen-bond acceptors (Lipinski definition) is 3. The summed E-state index contributed by atoms with van der Waals surface area (Å²) < 4.78 is 1.81. The Morgan fingerprint density at radius 3 is 3.00 bits per heavy atom. The average Bonchev–Trinajstić information content (AvgIpc) is 2.75. The van der Waals surface area contributed by atoms with E-state index in [1.54, 1.807) is 0 Å². The van der Waals surface area contributed by atoms with Gasteiger partial charge in [-0.15, -0.1) is 0 Å². The van der Waals surface area contributed by atoms with Gasteiger partial charge in [-0.3, -0.25) is 4.79 Å². The zero-order chi connectivity index (χ0) is 11.8. The summed E-state index contributed by atoms with van der Waals surface area (Å²) in [7, 11) is 0. The third kappa shape index (κ3) is 1.83. The Kier molecular flexibility index (Phi) is 2.61. The van der Waals surface area contributed by atoms with Crippen LogP contribution < -0.4 is 5.32 Å². The lowest BCUT2D eigenvalue weighted by Gasteiger charge is -2.06. The molecule has 3 rings (SSSR count). The Labute approximate surface area is 101 Å². The highest BCUT2D eigenvalue weighted by atomic mass is 16.2. The molecule has 0 saturated heterocycles. The van der Waals surface area contributed by atoms with E-state index in [1.807, 2.05) is 11.6 Å². The summed E-state index contributed by atoms with van der Waals surface area (Å²) in [5.74, 6) is 2.71. The molecule has 5 nitrogen and oxygen atoms in total. The van der Waals surface area contributed by atoms with Crippen LogP contribution in [0.4, 0.5) is 0 Å². The van der Waals surface area contributed by atoms with Gasteiger partial charge in [0.15, 0.2) is 0 Å². The van der Waals surface area contributed by atoms with Gasteiger partial charge in [0, 0.05) is 12.5 Å². The fourth-order valence-electron chi connectivity index (χ4n) is 3.18. The molecule has 2 saturated carbocycles. The van der Waals surface area contributed by atoms with Crippen molar-refractivity contribution in [3.8, 4) is 0 Å². The molecule has 5 heteroatoms. The van der Waals surface area contributed by atoms with Crippen molar-refractivity contribution < 1.29 is 4.79 Å². The number of hydrogen-bond donors (Lipinski definition) is 1. The molecular formula is C12H18N4O. The zero-order valence-electron chi connectivity index (χ0n) is 10.1. The third-order valence-corrected chi connectivity index (χ3v) is 4.13. The first-order valence-electron chi connectivity index (χ1n) is 6.45. The normalized spacial score (nSPS) is 30.1. The van der Waals surface area contributed by atoms with Crippen LogP contribution in [0.1, 0.15) is 32.0 Å². The fraction of sp³-hybridized carbons (Fsp3) is 0.750. The molecule has 1 amide bonds. The topological polar surface area (TPSA) is 59.8 Å². The predicted molar refractivity (Wildman–Crippen MR) is 61.9 cm³/mol. The second-order valence-electron chi connectivity index (χ2n) is 4.99. The van der Waals surface area contributed by atoms with Gasteiger partial charge in [0.1, 0.15) is 12.2 Å². The molecule has 0 bridgehead atoms. The van der Waals surface area contributed by atoms with Gasteiger partial charge in [0.25, 0.3) is 0 Å². The minimum atomic E-state index is 0.213. The number of amides is 1. The first kappa shape index (κ1) is 10.7. The number of rotatable bonds is 4. The molecular weight excluding hydrogens is 216 g/mol. The highest BCUT2D eigenvalue weighted by Crippen LogP contribution is 2.57. The molecule has 17 heavy (non-hydrogen) atoms. The average molecular weight is 234 g/mol. The van der Waals surface area contributed by atoms with Gasteiger partial charge in [0.05, 0.1) is 6.54 Å². The van der Waals surface area contributed by atoms with E-state index in [9.17, 15) is 4.79 Å². The molecule has 0 unspecified atom stereocenters. The van der Waals surface area contributed by atoms with Gasteiger partial charge < -0.3 is 5.32 Å². The molecule has 92 valence electrons. The van der Waals surface area contributed by atoms with Crippen LogP contribution in [0.5, 0.6) is 0 Å². The number of nitrogens with zero attached hydrogens (tertiary/aromatic N) is 3. The van der Waals surface area contributed by atoms with Crippen molar-refractivity contribution in [1.82, 2.24) is 20.1 Å². The Hall–Kier alpha value is -1.39. The second-order valence-corrected chi connectivity index (χ2v) is 4.99. The van der Waals surface area contributed by atoms with Gasteiger partial charge in [-0.1, -0.05) is 6.42 Å². The number of nitrogens with one attached hydrogen (secondary N) is 1. The van der Waals surface area contributed by atoms with E-state index in [-0.39, 0.29) is 5.91 Å². The van der Waals surface area contributed by atoms with E-state index in [1.165, 1.54) is 25.6 Å². The van der Waals surface area contributed by atoms with Gasteiger partial charge >= 0.3 is 0 Å². The molecule has 1 aromatic rings. The summed E-state index contributed by atoms with van der Waals surface area (Å²) >= 11 is 0. The monoisotopic (exact) mass is 234 g/mol. The molecule has 2 fully saturated rings. The van der Waals surface area contributed by atoms with Crippen molar-refractivity contribution in [2.45, 2.75) is 39.3 Å². The minimum absolute atomic E-state index is 0.213. The highest BCUT2D eigenvalue weighted by molar-refractivity contribution is 5.82. The van der Waals surface area contributed by atoms with Crippen LogP contribution >= 0.6 is 0 Å². The number of carbonyl (C=O) groups excluding carboxylic acids is 1. The summed E-state index contributed by atoms with van der Waals surface area (Å²) in [4.78, 5) is 16.1. The fourth-order valence-corrected chi connectivity index (χ4v) is 3.18. The molecule has 1 aromatic heterocycles. The van der Waals surface area contributed by atoms with Crippen LogP contribution in [0.15, 0.2) is 6.33 Å². The van der Waals surface area contributed by atoms with Crippen molar-refractivity contribution in [2.75, 3.05) is 0 Å². The van der Waals surface area contributed by atoms with E-state index in [4.69, 9.17) is 0 Å². The van der Waals surface area contributed by atoms with Gasteiger partial charge in [0.2, 0.25) is 5.91 Å². The molecule has 1 heterocycles. The number of aryl methyl sites for hydroxylation is 1. The SMILES string of the molecule is CCn1ncnc1CNC(=O)C1[C@@H]2CCC[C@@H]12. The standard InChI is InChI=1S/C12H18N4O/c1-2-16-10(14-7-15-16)6-13-12(17)11-8-4-3-5-9(8)11/h7-9,11H,2-6H2,1H3,(H,13,17)/t8-,9-/m1/s1. The van der Waals surface area contributed by atoms with Crippen LogP contribution in [0.3, 0.4) is 0 Å². The zero-order valence-corrected chi connectivity index (χ0v) is 10.1. The Balaban J connectivity index is 1.53. The predicted octanol–water partition coefficient (Wildman–Crippen LogP) is 0.960. The summed E-state index contributed by atoms with van der Waals surface area (Å²) in [6.45, 7) is 3.31. The Morgan fingerprint density at radius 1 is 1.53 bits per heavy atom. The van der Waals surface area contributed by atoms with E-state index in [0.29, 0.717) is 24.3 Å². The summed E-state index contributed by atoms with van der Waals surface area (Å²) in [6.07, 6.45) is 5.34. The van der Waals surface area contributed by atoms with Crippen molar-refractivity contribution in [1.29, 1.82) is 0 Å². The molecule has 1 N–H and O–H groups in total. The van der Waals surface area contributed by atoms with Gasteiger partial charge in [-0.2, -0.15) is 5.10 Å². The summed E-state index contributed by atoms with van der Waals surface area (Å²) in [5, 5.41) is 7.07. The Bertz CT molecular complexity index is 418. The molecule has 0 radical (unpaired) electrons. The molecule has 0 aliphatic heterocycles. The molecule has 0 spiro atoms. The lowest BCUT2D eigenvalue weighted by molar-refractivity contribution is -0.123. The van der Waals surface area contributed by atoms with E-state index in [2.05, 4.69) is 15.4 Å². The van der Waals surface area contributed by atoms with Crippen LogP contribution in [0.25, 0.3) is 0 Å². The molecule has 0 aromatic carbocycles. The van der Waals surface area contributed by atoms with Crippen LogP contribution in [-0.4, -0.2) is 20.7 Å². The highest BCUT2D eigenvalue weighted by Gasteiger charge is 2.56. The number of fused-ring (bicyclic) bond motifs is 1. The number of carbonyl (C=O) groups is 1. The lowest BCUT2D eigenvalue weighted by atomic mass is 10.1. The van der Waals surface area contributed by atoms with E-state index in [0.717, 1.165) is 12.4 Å². The van der Waals surface area contributed by atoms with Gasteiger partial charge in [-0.05, 0) is 31.6 Å². The smallest absolute Gasteiger partial charge is 0.224 e. The largest absolute Gasteiger partial charge is 0.349 e. The lowest BCUT2D eigenvalue weighted by Crippen LogP contribution is -2.27. The first-order valence-corrected chi connectivity index (χ1v) is 6.45. The van der Waals surface area contributed by atoms with Crippen LogP contribution in [0, 0.1) is 17.8 Å². The maximum absolute atomic E-state index is 11.9. The van der Waals surface area contributed by atoms with Crippen LogP contribution in [-0.2, 0) is 17.9 Å². The number of aromatic nitrogens is 3. The second kappa shape index (κ2) is 4.13. The summed E-state index contributed by atoms with van der Waals surface area (Å²) in [5.41, 5.74) is 0. The van der Waals surface area contributed by atoms with E-state index >= 15 is 0 Å². The molecule has 2 aliphatic rings. The first-order chi connectivity index (χ1) is 8.31. The molecule has 2 aliphatic carbocycles. The quantitative estimate of drug-likeness (QED) is 0.844. The van der Waals surface area contributed by atoms with Gasteiger partial charge in [-0.25, -0.2) is 9.67 Å². The molecule has 2 atom stereocenters. The Morgan fingerprint density at radius 2 is 2.29 bits per heavy atom. The minimum Gasteiger partial charge on any atom is -0.349 e. The van der Waals surface area contributed by atoms with Crippen molar-refractivity contribution in [2.24, 2.45) is 17.8 Å². The van der Waals surface area contributed by atoms with Crippen molar-refractivity contribution >= 4 is 5.91 Å². The maximum atomic E-state index is 11.9. The summed E-state index contributed by atoms with van der Waals surface area (Å²) in [6, 6.07) is 0. The van der Waals surface area contributed by atoms with Crippen molar-refractivity contribution in [3.05, 3.63) is 12.2 Å². The van der Waals surface area contributed by atoms with Crippen LogP contribution in [0.2, 0.25) is 0 Å².